The van der Waals surface area contributed by atoms with Crippen molar-refractivity contribution in [3.8, 4) is 5.75 Å². The third kappa shape index (κ3) is 2.62. The van der Waals surface area contributed by atoms with Gasteiger partial charge in [-0.2, -0.15) is 0 Å². The topological polar surface area (TPSA) is 55.2 Å². The molecule has 0 saturated heterocycles. The van der Waals surface area contributed by atoms with Gasteiger partial charge >= 0.3 is 0 Å². The first-order valence-corrected chi connectivity index (χ1v) is 7.23. The average Bonchev–Trinajstić information content (AvgIpc) is 3.03. The molecule has 2 aromatic rings. The Labute approximate surface area is 116 Å². The maximum Gasteiger partial charge on any atom is 0.122 e. The summed E-state index contributed by atoms with van der Waals surface area (Å²) in [6.07, 6.45) is 2.07. The van der Waals surface area contributed by atoms with Crippen molar-refractivity contribution in [3.05, 3.63) is 39.9 Å². The Kier molecular flexibility index (Phi) is 3.48. The molecule has 3 rings (SSSR count). The lowest BCUT2D eigenvalue weighted by Crippen LogP contribution is -1.99. The van der Waals surface area contributed by atoms with Gasteiger partial charge in [0.25, 0.3) is 0 Å². The van der Waals surface area contributed by atoms with Gasteiger partial charge in [-0.3, -0.25) is 0 Å². The van der Waals surface area contributed by atoms with Gasteiger partial charge in [0, 0.05) is 6.42 Å². The number of aryl methyl sites for hydroxylation is 2. The van der Waals surface area contributed by atoms with E-state index in [0.29, 0.717) is 6.42 Å². The van der Waals surface area contributed by atoms with Gasteiger partial charge in [-0.05, 0) is 48.5 Å². The zero-order valence-electron chi connectivity index (χ0n) is 10.8. The molecule has 1 atom stereocenters. The van der Waals surface area contributed by atoms with E-state index < -0.39 is 6.10 Å². The number of nitrogens with zero attached hydrogens (tertiary/aromatic N) is 2. The number of benzene rings is 1. The molecule has 4 nitrogen and oxygen atoms in total. The molecule has 5 heteroatoms. The standard InChI is InChI=1S/C14H16N2O2S/c1-9-14(19-16-15-9)12(17)4-2-10-3-5-13-11(8-10)6-7-18-13/h3,5,8,12,17H,2,4,6-7H2,1H3. The van der Waals surface area contributed by atoms with Crippen LogP contribution in [0.3, 0.4) is 0 Å². The molecule has 19 heavy (non-hydrogen) atoms. The first-order chi connectivity index (χ1) is 9.24. The number of aromatic nitrogens is 2. The summed E-state index contributed by atoms with van der Waals surface area (Å²) in [5.41, 5.74) is 3.36. The van der Waals surface area contributed by atoms with Gasteiger partial charge in [-0.15, -0.1) is 5.10 Å². The summed E-state index contributed by atoms with van der Waals surface area (Å²) in [5.74, 6) is 1.01. The Morgan fingerprint density at radius 2 is 2.37 bits per heavy atom. The van der Waals surface area contributed by atoms with Crippen molar-refractivity contribution in [1.29, 1.82) is 0 Å². The maximum atomic E-state index is 10.2. The average molecular weight is 276 g/mol. The number of ether oxygens (including phenoxy) is 1. The molecule has 0 aliphatic carbocycles. The summed E-state index contributed by atoms with van der Waals surface area (Å²) in [6, 6.07) is 6.30. The van der Waals surface area contributed by atoms with E-state index in [0.717, 1.165) is 35.8 Å². The Balaban J connectivity index is 1.65. The predicted octanol–water partition coefficient (Wildman–Crippen LogP) is 2.45. The molecule has 1 N–H and O–H groups in total. The number of aliphatic hydroxyl groups excluding tert-OH is 1. The predicted molar refractivity (Wildman–Crippen MR) is 73.6 cm³/mol. The van der Waals surface area contributed by atoms with Crippen LogP contribution in [0, 0.1) is 6.92 Å². The summed E-state index contributed by atoms with van der Waals surface area (Å²) in [7, 11) is 0. The fourth-order valence-electron chi connectivity index (χ4n) is 2.37. The van der Waals surface area contributed by atoms with Crippen LogP contribution in [0.2, 0.25) is 0 Å². The highest BCUT2D eigenvalue weighted by Crippen LogP contribution is 2.28. The third-order valence-electron chi connectivity index (χ3n) is 3.45. The van der Waals surface area contributed by atoms with E-state index in [1.54, 1.807) is 0 Å². The van der Waals surface area contributed by atoms with Crippen molar-refractivity contribution in [2.45, 2.75) is 32.3 Å². The van der Waals surface area contributed by atoms with E-state index in [1.807, 2.05) is 13.0 Å². The van der Waals surface area contributed by atoms with E-state index in [9.17, 15) is 5.11 Å². The second-order valence-corrected chi connectivity index (χ2v) is 5.60. The Morgan fingerprint density at radius 3 is 3.16 bits per heavy atom. The molecule has 0 spiro atoms. The van der Waals surface area contributed by atoms with Gasteiger partial charge in [-0.25, -0.2) is 0 Å². The molecular formula is C14H16N2O2S. The van der Waals surface area contributed by atoms with E-state index in [2.05, 4.69) is 21.7 Å². The quantitative estimate of drug-likeness (QED) is 0.932. The van der Waals surface area contributed by atoms with E-state index >= 15 is 0 Å². The van der Waals surface area contributed by atoms with Crippen LogP contribution >= 0.6 is 11.5 Å². The first kappa shape index (κ1) is 12.6. The van der Waals surface area contributed by atoms with Crippen LogP contribution in [0.15, 0.2) is 18.2 Å². The molecule has 1 aromatic carbocycles. The van der Waals surface area contributed by atoms with Gasteiger partial charge in [-0.1, -0.05) is 16.6 Å². The molecule has 1 aromatic heterocycles. The molecule has 1 unspecified atom stereocenters. The largest absolute Gasteiger partial charge is 0.493 e. The Morgan fingerprint density at radius 1 is 1.47 bits per heavy atom. The normalized spacial score (nSPS) is 15.1. The lowest BCUT2D eigenvalue weighted by Gasteiger charge is -2.09. The summed E-state index contributed by atoms with van der Waals surface area (Å²) in [5, 5.41) is 14.1. The minimum absolute atomic E-state index is 0.468. The summed E-state index contributed by atoms with van der Waals surface area (Å²) in [4.78, 5) is 0.879. The van der Waals surface area contributed by atoms with E-state index in [-0.39, 0.29) is 0 Å². The molecule has 0 radical (unpaired) electrons. The summed E-state index contributed by atoms with van der Waals surface area (Å²) in [6.45, 7) is 2.67. The first-order valence-electron chi connectivity index (χ1n) is 6.45. The van der Waals surface area contributed by atoms with Crippen molar-refractivity contribution in [3.63, 3.8) is 0 Å². The van der Waals surface area contributed by atoms with Crippen molar-refractivity contribution < 1.29 is 9.84 Å². The molecule has 1 aliphatic heterocycles. The van der Waals surface area contributed by atoms with E-state index in [1.165, 1.54) is 22.7 Å². The minimum Gasteiger partial charge on any atom is -0.493 e. The Hall–Kier alpha value is -1.46. The fourth-order valence-corrected chi connectivity index (χ4v) is 3.04. The molecule has 0 bridgehead atoms. The highest BCUT2D eigenvalue weighted by atomic mass is 32.1. The van der Waals surface area contributed by atoms with Crippen LogP contribution in [0.1, 0.15) is 34.2 Å². The monoisotopic (exact) mass is 276 g/mol. The van der Waals surface area contributed by atoms with E-state index in [4.69, 9.17) is 4.74 Å². The second-order valence-electron chi connectivity index (χ2n) is 4.82. The van der Waals surface area contributed by atoms with Crippen molar-refractivity contribution in [1.82, 2.24) is 9.59 Å². The SMILES string of the molecule is Cc1nnsc1C(O)CCc1ccc2c(c1)CCO2. The number of fused-ring (bicyclic) bond motifs is 1. The van der Waals surface area contributed by atoms with Crippen LogP contribution in [-0.2, 0) is 12.8 Å². The molecule has 0 fully saturated rings. The van der Waals surface area contributed by atoms with Gasteiger partial charge in [0.1, 0.15) is 5.75 Å². The number of aliphatic hydroxyl groups is 1. The highest BCUT2D eigenvalue weighted by Gasteiger charge is 2.16. The second kappa shape index (κ2) is 5.27. The van der Waals surface area contributed by atoms with Crippen molar-refractivity contribution in [2.24, 2.45) is 0 Å². The molecule has 2 heterocycles. The molecule has 1 aliphatic rings. The summed E-state index contributed by atoms with van der Waals surface area (Å²) < 4.78 is 9.35. The molecule has 0 amide bonds. The zero-order valence-corrected chi connectivity index (χ0v) is 11.6. The number of rotatable bonds is 4. The van der Waals surface area contributed by atoms with Crippen LogP contribution in [0.5, 0.6) is 5.75 Å². The van der Waals surface area contributed by atoms with Gasteiger partial charge in [0.15, 0.2) is 0 Å². The van der Waals surface area contributed by atoms with Crippen LogP contribution in [0.4, 0.5) is 0 Å². The van der Waals surface area contributed by atoms with Crippen molar-refractivity contribution >= 4 is 11.5 Å². The number of hydrogen-bond acceptors (Lipinski definition) is 5. The third-order valence-corrected chi connectivity index (χ3v) is 4.38. The Bertz CT molecular complexity index is 583. The van der Waals surface area contributed by atoms with Gasteiger partial charge in [0.2, 0.25) is 0 Å². The minimum atomic E-state index is -0.468. The smallest absolute Gasteiger partial charge is 0.122 e. The molecule has 0 saturated carbocycles. The molecular weight excluding hydrogens is 260 g/mol. The lowest BCUT2D eigenvalue weighted by atomic mass is 10.0. The fraction of sp³-hybridized carbons (Fsp3) is 0.429. The number of hydrogen-bond donors (Lipinski definition) is 1. The van der Waals surface area contributed by atoms with Crippen molar-refractivity contribution in [2.75, 3.05) is 6.61 Å². The maximum absolute atomic E-state index is 10.2. The van der Waals surface area contributed by atoms with Crippen LogP contribution in [-0.4, -0.2) is 21.3 Å². The van der Waals surface area contributed by atoms with Crippen LogP contribution in [0.25, 0.3) is 0 Å². The zero-order chi connectivity index (χ0) is 13.2. The lowest BCUT2D eigenvalue weighted by molar-refractivity contribution is 0.170. The molecule has 100 valence electrons. The van der Waals surface area contributed by atoms with Gasteiger partial charge < -0.3 is 9.84 Å². The summed E-state index contributed by atoms with van der Waals surface area (Å²) >= 11 is 1.28. The van der Waals surface area contributed by atoms with Gasteiger partial charge in [0.05, 0.1) is 23.3 Å². The van der Waals surface area contributed by atoms with Crippen LogP contribution < -0.4 is 4.74 Å². The highest BCUT2D eigenvalue weighted by molar-refractivity contribution is 7.05.